The van der Waals surface area contributed by atoms with Crippen molar-refractivity contribution in [2.75, 3.05) is 19.6 Å². The summed E-state index contributed by atoms with van der Waals surface area (Å²) in [7, 11) is -3.66. The van der Waals surface area contributed by atoms with Crippen molar-refractivity contribution < 1.29 is 13.2 Å². The summed E-state index contributed by atoms with van der Waals surface area (Å²) >= 11 is 0. The SMILES string of the molecule is CC1=Cc2ccccc2C(CNC(=O)[C@@H]2CNC[C@H](NS(=O)(=O)c3ccc(C)cc3)C2)c2ccccc21. The Hall–Kier alpha value is -3.26. The van der Waals surface area contributed by atoms with Crippen LogP contribution < -0.4 is 15.4 Å². The zero-order chi connectivity index (χ0) is 26.0. The highest BCUT2D eigenvalue weighted by Crippen LogP contribution is 2.37. The predicted octanol–water partition coefficient (Wildman–Crippen LogP) is 4.07. The van der Waals surface area contributed by atoms with Crippen LogP contribution in [0.3, 0.4) is 0 Å². The molecule has 0 radical (unpaired) electrons. The lowest BCUT2D eigenvalue weighted by Crippen LogP contribution is -2.52. The number of aryl methyl sites for hydroxylation is 1. The van der Waals surface area contributed by atoms with Crippen molar-refractivity contribution in [3.05, 3.63) is 101 Å². The number of sulfonamides is 1. The molecule has 1 heterocycles. The third-order valence-corrected chi connectivity index (χ3v) is 8.90. The van der Waals surface area contributed by atoms with E-state index in [0.29, 0.717) is 26.1 Å². The molecule has 3 aromatic carbocycles. The van der Waals surface area contributed by atoms with E-state index in [4.69, 9.17) is 0 Å². The highest BCUT2D eigenvalue weighted by molar-refractivity contribution is 7.89. The quantitative estimate of drug-likeness (QED) is 0.462. The Morgan fingerprint density at radius 1 is 0.919 bits per heavy atom. The van der Waals surface area contributed by atoms with E-state index in [1.807, 2.05) is 31.2 Å². The monoisotopic (exact) mass is 515 g/mol. The second kappa shape index (κ2) is 10.6. The number of rotatable bonds is 6. The van der Waals surface area contributed by atoms with Gasteiger partial charge in [-0.05, 0) is 60.2 Å². The van der Waals surface area contributed by atoms with Crippen molar-refractivity contribution in [3.8, 4) is 0 Å². The van der Waals surface area contributed by atoms with Crippen molar-refractivity contribution in [1.29, 1.82) is 0 Å². The van der Waals surface area contributed by atoms with Gasteiger partial charge in [-0.3, -0.25) is 4.79 Å². The van der Waals surface area contributed by atoms with Gasteiger partial charge in [0.05, 0.1) is 10.8 Å². The molecule has 0 bridgehead atoms. The number of piperidine rings is 1. The second-order valence-corrected chi connectivity index (χ2v) is 11.8. The molecule has 3 aromatic rings. The summed E-state index contributed by atoms with van der Waals surface area (Å²) in [5.41, 5.74) is 6.96. The maximum atomic E-state index is 13.3. The van der Waals surface area contributed by atoms with Crippen LogP contribution in [-0.2, 0) is 14.8 Å². The lowest BCUT2D eigenvalue weighted by Gasteiger charge is -2.30. The zero-order valence-corrected chi connectivity index (χ0v) is 22.0. The largest absolute Gasteiger partial charge is 0.355 e. The van der Waals surface area contributed by atoms with Crippen LogP contribution in [0.1, 0.15) is 47.1 Å². The molecule has 5 rings (SSSR count). The fourth-order valence-electron chi connectivity index (χ4n) is 5.40. The fraction of sp³-hybridized carbons (Fsp3) is 0.300. The first-order valence-corrected chi connectivity index (χ1v) is 14.2. The first kappa shape index (κ1) is 25.4. The van der Waals surface area contributed by atoms with Gasteiger partial charge in [0.15, 0.2) is 0 Å². The third kappa shape index (κ3) is 5.54. The Balaban J connectivity index is 1.28. The summed E-state index contributed by atoms with van der Waals surface area (Å²) in [5.74, 6) is -0.358. The average Bonchev–Trinajstić information content (AvgIpc) is 3.01. The maximum absolute atomic E-state index is 13.3. The van der Waals surface area contributed by atoms with Crippen LogP contribution in [0.25, 0.3) is 11.6 Å². The van der Waals surface area contributed by atoms with E-state index in [1.165, 1.54) is 27.8 Å². The molecule has 1 saturated heterocycles. The Kier molecular flexibility index (Phi) is 7.29. The summed E-state index contributed by atoms with van der Waals surface area (Å²) in [4.78, 5) is 13.5. The van der Waals surface area contributed by atoms with E-state index in [-0.39, 0.29) is 28.7 Å². The lowest BCUT2D eigenvalue weighted by atomic mass is 9.86. The van der Waals surface area contributed by atoms with E-state index >= 15 is 0 Å². The first-order chi connectivity index (χ1) is 17.8. The lowest BCUT2D eigenvalue weighted by molar-refractivity contribution is -0.125. The van der Waals surface area contributed by atoms with Gasteiger partial charge in [-0.15, -0.1) is 0 Å². The van der Waals surface area contributed by atoms with Crippen LogP contribution in [-0.4, -0.2) is 40.0 Å². The van der Waals surface area contributed by atoms with E-state index in [9.17, 15) is 13.2 Å². The van der Waals surface area contributed by atoms with Gasteiger partial charge in [0, 0.05) is 31.6 Å². The van der Waals surface area contributed by atoms with Crippen LogP contribution in [0.2, 0.25) is 0 Å². The van der Waals surface area contributed by atoms with Crippen LogP contribution in [0.15, 0.2) is 77.7 Å². The molecule has 3 N–H and O–H groups in total. The smallest absolute Gasteiger partial charge is 0.240 e. The molecule has 192 valence electrons. The number of nitrogens with one attached hydrogen (secondary N) is 3. The average molecular weight is 516 g/mol. The highest BCUT2D eigenvalue weighted by atomic mass is 32.2. The number of benzene rings is 3. The van der Waals surface area contributed by atoms with Crippen molar-refractivity contribution in [3.63, 3.8) is 0 Å². The van der Waals surface area contributed by atoms with Gasteiger partial charge in [-0.2, -0.15) is 0 Å². The molecule has 37 heavy (non-hydrogen) atoms. The second-order valence-electron chi connectivity index (χ2n) is 10.1. The molecule has 1 fully saturated rings. The van der Waals surface area contributed by atoms with E-state index in [2.05, 4.69) is 52.6 Å². The molecule has 3 atom stereocenters. The van der Waals surface area contributed by atoms with Crippen LogP contribution in [0.4, 0.5) is 0 Å². The van der Waals surface area contributed by atoms with Crippen LogP contribution in [0, 0.1) is 12.8 Å². The number of hydrogen-bond acceptors (Lipinski definition) is 4. The van der Waals surface area contributed by atoms with Crippen molar-refractivity contribution >= 4 is 27.6 Å². The van der Waals surface area contributed by atoms with Gasteiger partial charge >= 0.3 is 0 Å². The molecule has 7 heteroatoms. The molecular weight excluding hydrogens is 482 g/mol. The molecule has 6 nitrogen and oxygen atoms in total. The normalized spacial score (nSPS) is 21.2. The summed E-state index contributed by atoms with van der Waals surface area (Å²) in [6.07, 6.45) is 2.66. The minimum absolute atomic E-state index is 0.0254. The molecular formula is C30H33N3O3S. The number of carbonyl (C=O) groups is 1. The predicted molar refractivity (Wildman–Crippen MR) is 148 cm³/mol. The van der Waals surface area contributed by atoms with Crippen molar-refractivity contribution in [2.24, 2.45) is 5.92 Å². The van der Waals surface area contributed by atoms with Crippen LogP contribution >= 0.6 is 0 Å². The van der Waals surface area contributed by atoms with E-state index in [1.54, 1.807) is 24.3 Å². The standard InChI is InChI=1S/C30H33N3O3S/c1-20-11-13-25(14-12-20)37(35,36)33-24-16-23(17-31-18-24)30(34)32-19-29-27-9-4-3-7-22(27)15-21(2)26-8-5-6-10-28(26)29/h3-15,23-24,29,31,33H,16-19H2,1-2H3,(H,32,34)/t23-,24+,29?/m0/s1. The number of amides is 1. The number of carbonyl (C=O) groups excluding carboxylic acids is 1. The van der Waals surface area contributed by atoms with Gasteiger partial charge in [-0.1, -0.05) is 72.3 Å². The highest BCUT2D eigenvalue weighted by Gasteiger charge is 2.31. The first-order valence-electron chi connectivity index (χ1n) is 12.8. The van der Waals surface area contributed by atoms with Gasteiger partial charge in [0.25, 0.3) is 0 Å². The van der Waals surface area contributed by atoms with Gasteiger partial charge in [-0.25, -0.2) is 13.1 Å². The summed E-state index contributed by atoms with van der Waals surface area (Å²) in [5, 5.41) is 6.43. The minimum atomic E-state index is -3.66. The molecule has 1 aliphatic heterocycles. The Morgan fingerprint density at radius 3 is 2.41 bits per heavy atom. The Bertz CT molecular complexity index is 1430. The fourth-order valence-corrected chi connectivity index (χ4v) is 6.65. The zero-order valence-electron chi connectivity index (χ0n) is 21.2. The number of hydrogen-bond donors (Lipinski definition) is 3. The van der Waals surface area contributed by atoms with Crippen LogP contribution in [0.5, 0.6) is 0 Å². The molecule has 1 amide bonds. The van der Waals surface area contributed by atoms with Gasteiger partial charge < -0.3 is 10.6 Å². The Labute approximate surface area is 219 Å². The number of fused-ring (bicyclic) bond motifs is 2. The minimum Gasteiger partial charge on any atom is -0.355 e. The maximum Gasteiger partial charge on any atom is 0.240 e. The number of allylic oxidation sites excluding steroid dienone is 1. The van der Waals surface area contributed by atoms with E-state index < -0.39 is 10.0 Å². The van der Waals surface area contributed by atoms with E-state index in [0.717, 1.165) is 5.56 Å². The Morgan fingerprint density at radius 2 is 1.62 bits per heavy atom. The molecule has 2 aliphatic rings. The molecule has 1 unspecified atom stereocenters. The summed E-state index contributed by atoms with van der Waals surface area (Å²) in [6, 6.07) is 23.1. The molecule has 1 aliphatic carbocycles. The van der Waals surface area contributed by atoms with Crippen molar-refractivity contribution in [1.82, 2.24) is 15.4 Å². The van der Waals surface area contributed by atoms with Gasteiger partial charge in [0.1, 0.15) is 0 Å². The molecule has 0 spiro atoms. The summed E-state index contributed by atoms with van der Waals surface area (Å²) < 4.78 is 28.5. The third-order valence-electron chi connectivity index (χ3n) is 7.36. The molecule has 0 saturated carbocycles. The van der Waals surface area contributed by atoms with Crippen molar-refractivity contribution in [2.45, 2.75) is 37.1 Å². The summed E-state index contributed by atoms with van der Waals surface area (Å²) in [6.45, 7) is 5.53. The molecule has 0 aromatic heterocycles. The van der Waals surface area contributed by atoms with Gasteiger partial charge in [0.2, 0.25) is 15.9 Å². The topological polar surface area (TPSA) is 87.3 Å².